The first-order chi connectivity index (χ1) is 15.3. The lowest BCUT2D eigenvalue weighted by molar-refractivity contribution is 1.26. The molecule has 1 aliphatic rings. The Bertz CT molecular complexity index is 1370. The molecule has 0 heterocycles. The van der Waals surface area contributed by atoms with Gasteiger partial charge in [0.25, 0.3) is 0 Å². The Hall–Kier alpha value is -3.90. The molecule has 0 radical (unpaired) electrons. The molecular formula is C31H22. The molecule has 0 bridgehead atoms. The molecule has 6 aromatic carbocycles. The number of fused-ring (bicyclic) bond motifs is 6. The van der Waals surface area contributed by atoms with E-state index in [4.69, 9.17) is 0 Å². The molecule has 7 rings (SSSR count). The lowest BCUT2D eigenvalue weighted by Crippen LogP contribution is -1.78. The van der Waals surface area contributed by atoms with Crippen LogP contribution in [0.2, 0.25) is 0 Å². The number of benzene rings is 6. The molecule has 0 amide bonds. The van der Waals surface area contributed by atoms with E-state index in [0.29, 0.717) is 0 Å². The first-order valence-electron chi connectivity index (χ1n) is 10.8. The fraction of sp³-hybridized carbons (Fsp3) is 0.0323. The predicted octanol–water partition coefficient (Wildman–Crippen LogP) is 8.40. The summed E-state index contributed by atoms with van der Waals surface area (Å²) in [6.45, 7) is 0. The summed E-state index contributed by atoms with van der Waals surface area (Å²) in [6, 6.07) is 43.5. The van der Waals surface area contributed by atoms with E-state index >= 15 is 0 Å². The normalized spacial score (nSPS) is 11.7. The zero-order valence-corrected chi connectivity index (χ0v) is 17.3. The minimum absolute atomic E-state index is 1.10. The van der Waals surface area contributed by atoms with Crippen LogP contribution in [0.5, 0.6) is 0 Å². The fourth-order valence-corrected chi connectivity index (χ4v) is 4.71. The minimum atomic E-state index is 1.10. The van der Waals surface area contributed by atoms with Gasteiger partial charge in [0.15, 0.2) is 0 Å². The molecule has 0 heteroatoms. The van der Waals surface area contributed by atoms with Crippen LogP contribution in [0.15, 0.2) is 121 Å². The smallest absolute Gasteiger partial charge is 0.00135 e. The van der Waals surface area contributed by atoms with Crippen LogP contribution in [0.1, 0.15) is 11.1 Å². The van der Waals surface area contributed by atoms with Gasteiger partial charge in [0.05, 0.1) is 0 Å². The molecular weight excluding hydrogens is 372 g/mol. The van der Waals surface area contributed by atoms with Gasteiger partial charge in [0.1, 0.15) is 0 Å². The largest absolute Gasteiger partial charge is 0.0619 e. The van der Waals surface area contributed by atoms with Crippen molar-refractivity contribution in [2.24, 2.45) is 0 Å². The Morgan fingerprint density at radius 2 is 0.645 bits per heavy atom. The maximum Gasteiger partial charge on any atom is -0.00135 e. The van der Waals surface area contributed by atoms with E-state index in [0.717, 1.165) is 6.42 Å². The Morgan fingerprint density at radius 1 is 0.323 bits per heavy atom. The maximum atomic E-state index is 2.27. The van der Waals surface area contributed by atoms with Crippen molar-refractivity contribution in [3.63, 3.8) is 0 Å². The molecule has 31 heavy (non-hydrogen) atoms. The van der Waals surface area contributed by atoms with E-state index in [1.54, 1.807) is 0 Å². The SMILES string of the molecule is c1ccc2c(c1)Cc1ccccc1-2.c1ccc2cc3cc4ccccc4cc3cc2c1. The number of rotatable bonds is 0. The van der Waals surface area contributed by atoms with Crippen LogP contribution in [-0.4, -0.2) is 0 Å². The Kier molecular flexibility index (Phi) is 4.28. The van der Waals surface area contributed by atoms with Gasteiger partial charge in [-0.1, -0.05) is 97.1 Å². The molecule has 0 saturated carbocycles. The van der Waals surface area contributed by atoms with Gasteiger partial charge in [-0.3, -0.25) is 0 Å². The maximum absolute atomic E-state index is 2.27. The highest BCUT2D eigenvalue weighted by atomic mass is 14.2. The lowest BCUT2D eigenvalue weighted by atomic mass is 10.00. The fourth-order valence-electron chi connectivity index (χ4n) is 4.71. The Balaban J connectivity index is 0.000000126. The molecule has 146 valence electrons. The number of hydrogen-bond donors (Lipinski definition) is 0. The summed E-state index contributed by atoms with van der Waals surface area (Å²) in [7, 11) is 0. The van der Waals surface area contributed by atoms with Gasteiger partial charge in [0, 0.05) is 0 Å². The summed E-state index contributed by atoms with van der Waals surface area (Å²) >= 11 is 0. The first-order valence-corrected chi connectivity index (χ1v) is 10.8. The summed E-state index contributed by atoms with van der Waals surface area (Å²) in [6.07, 6.45) is 1.10. The third-order valence-electron chi connectivity index (χ3n) is 6.28. The molecule has 0 atom stereocenters. The standard InChI is InChI=1S/C18H12.C13H10/c1-2-6-14-10-18-12-16-8-4-3-7-15(16)11-17(18)9-13(14)5-1;1-3-7-12-10(5-1)9-11-6-2-4-8-13(11)12/h1-12H;1-8H,9H2. The molecule has 0 aromatic heterocycles. The monoisotopic (exact) mass is 394 g/mol. The Labute approximate surface area is 182 Å². The summed E-state index contributed by atoms with van der Waals surface area (Å²) in [5.74, 6) is 0. The van der Waals surface area contributed by atoms with Gasteiger partial charge >= 0.3 is 0 Å². The van der Waals surface area contributed by atoms with Crippen molar-refractivity contribution >= 4 is 32.3 Å². The van der Waals surface area contributed by atoms with Crippen LogP contribution < -0.4 is 0 Å². The molecule has 0 nitrogen and oxygen atoms in total. The average molecular weight is 395 g/mol. The summed E-state index contributed by atoms with van der Waals surface area (Å²) in [5, 5.41) is 7.85. The van der Waals surface area contributed by atoms with E-state index in [1.165, 1.54) is 54.6 Å². The highest BCUT2D eigenvalue weighted by Gasteiger charge is 2.15. The lowest BCUT2D eigenvalue weighted by Gasteiger charge is -2.04. The van der Waals surface area contributed by atoms with Crippen molar-refractivity contribution in [1.29, 1.82) is 0 Å². The zero-order valence-electron chi connectivity index (χ0n) is 17.3. The number of hydrogen-bond acceptors (Lipinski definition) is 0. The molecule has 6 aromatic rings. The molecule has 1 aliphatic carbocycles. The van der Waals surface area contributed by atoms with Crippen molar-refractivity contribution in [1.82, 2.24) is 0 Å². The minimum Gasteiger partial charge on any atom is -0.0619 e. The van der Waals surface area contributed by atoms with Crippen LogP contribution in [0.3, 0.4) is 0 Å². The van der Waals surface area contributed by atoms with Gasteiger partial charge < -0.3 is 0 Å². The second-order valence-electron chi connectivity index (χ2n) is 8.24. The summed E-state index contributed by atoms with van der Waals surface area (Å²) in [4.78, 5) is 0. The van der Waals surface area contributed by atoms with E-state index < -0.39 is 0 Å². The summed E-state index contributed by atoms with van der Waals surface area (Å²) in [5.41, 5.74) is 5.75. The van der Waals surface area contributed by atoms with E-state index in [2.05, 4.69) is 121 Å². The van der Waals surface area contributed by atoms with Gasteiger partial charge in [-0.15, -0.1) is 0 Å². The predicted molar refractivity (Wildman–Crippen MR) is 134 cm³/mol. The van der Waals surface area contributed by atoms with E-state index in [9.17, 15) is 0 Å². The van der Waals surface area contributed by atoms with Crippen molar-refractivity contribution in [3.05, 3.63) is 132 Å². The average Bonchev–Trinajstić information content (AvgIpc) is 3.20. The van der Waals surface area contributed by atoms with E-state index in [1.807, 2.05) is 0 Å². The highest BCUT2D eigenvalue weighted by molar-refractivity contribution is 6.04. The van der Waals surface area contributed by atoms with Gasteiger partial charge in [-0.05, 0) is 85.3 Å². The second kappa shape index (κ2) is 7.41. The Morgan fingerprint density at radius 3 is 1.03 bits per heavy atom. The van der Waals surface area contributed by atoms with Crippen molar-refractivity contribution < 1.29 is 0 Å². The molecule has 0 spiro atoms. The van der Waals surface area contributed by atoms with Crippen LogP contribution in [-0.2, 0) is 6.42 Å². The molecule has 0 fully saturated rings. The summed E-state index contributed by atoms with van der Waals surface area (Å²) < 4.78 is 0. The van der Waals surface area contributed by atoms with Gasteiger partial charge in [0.2, 0.25) is 0 Å². The van der Waals surface area contributed by atoms with Crippen LogP contribution >= 0.6 is 0 Å². The van der Waals surface area contributed by atoms with Gasteiger partial charge in [-0.2, -0.15) is 0 Å². The first kappa shape index (κ1) is 17.9. The van der Waals surface area contributed by atoms with Crippen molar-refractivity contribution in [2.75, 3.05) is 0 Å². The highest BCUT2D eigenvalue weighted by Crippen LogP contribution is 2.35. The van der Waals surface area contributed by atoms with Crippen molar-refractivity contribution in [2.45, 2.75) is 6.42 Å². The van der Waals surface area contributed by atoms with Gasteiger partial charge in [-0.25, -0.2) is 0 Å². The quantitative estimate of drug-likeness (QED) is 0.227. The zero-order chi connectivity index (χ0) is 20.6. The van der Waals surface area contributed by atoms with E-state index in [-0.39, 0.29) is 0 Å². The van der Waals surface area contributed by atoms with Crippen LogP contribution in [0.4, 0.5) is 0 Å². The molecule has 0 aliphatic heterocycles. The van der Waals surface area contributed by atoms with Crippen LogP contribution in [0, 0.1) is 0 Å². The van der Waals surface area contributed by atoms with Crippen LogP contribution in [0.25, 0.3) is 43.4 Å². The van der Waals surface area contributed by atoms with Crippen molar-refractivity contribution in [3.8, 4) is 11.1 Å². The molecule has 0 unspecified atom stereocenters. The second-order valence-corrected chi connectivity index (χ2v) is 8.24. The topological polar surface area (TPSA) is 0 Å². The third kappa shape index (κ3) is 3.27. The molecule has 0 saturated heterocycles. The third-order valence-corrected chi connectivity index (χ3v) is 6.28. The molecule has 0 N–H and O–H groups in total.